The monoisotopic (exact) mass is 265 g/mol. The molecule has 13 heavy (non-hydrogen) atoms. The summed E-state index contributed by atoms with van der Waals surface area (Å²) in [6.45, 7) is 0. The molecular formula is C6H9AlCl2FMgOSi. The van der Waals surface area contributed by atoms with Crippen LogP contribution in [0.15, 0.2) is 24.3 Å². The maximum absolute atomic E-state index is 11.9. The molecule has 0 amide bonds. The minimum absolute atomic E-state index is 0.209. The first-order valence-corrected chi connectivity index (χ1v) is 9.27. The average Bonchev–Trinajstić information content (AvgIpc) is 2.08. The van der Waals surface area contributed by atoms with Crippen molar-refractivity contribution in [1.82, 2.24) is 0 Å². The smallest absolute Gasteiger partial charge is 0.557 e. The van der Waals surface area contributed by atoms with E-state index in [2.05, 4.69) is 9.54 Å². The Hall–Kier alpha value is 1.21. The van der Waals surface area contributed by atoms with Gasteiger partial charge in [-0.3, -0.25) is 0 Å². The SMILES string of the molecule is Fc1cc[c]cc1.[AlH2][O][SiH3].[Cl][Mg][Cl]. The number of halogens is 3. The lowest BCUT2D eigenvalue weighted by Crippen LogP contribution is -1.65. The fourth-order valence-corrected chi connectivity index (χ4v) is 0.367. The summed E-state index contributed by atoms with van der Waals surface area (Å²) in [5, 5.41) is 0. The highest BCUT2D eigenvalue weighted by Gasteiger charge is 1.77. The highest BCUT2D eigenvalue weighted by Crippen LogP contribution is 1.91. The summed E-state index contributed by atoms with van der Waals surface area (Å²) in [6.07, 6.45) is 0. The molecule has 69 valence electrons. The number of rotatable bonds is 0. The first-order valence-electron chi connectivity index (χ1n) is 3.36. The normalized spacial score (nSPS) is 7.00. The Kier molecular flexibility index (Phi) is 20.0. The molecule has 0 aromatic heterocycles. The standard InChI is InChI=1S/C6H4F.Al.2ClH.Mg.H3OSi.2H/c7-6-4-2-1-3-5-6;;;;;1-2;;/h2-5H;;2*1H;;2H3;;/q;+1;;;+2;-1;;/p-2. The Morgan fingerprint density at radius 3 is 1.92 bits per heavy atom. The lowest BCUT2D eigenvalue weighted by atomic mass is 10.4. The summed E-state index contributed by atoms with van der Waals surface area (Å²) in [5.41, 5.74) is 0. The molecule has 1 aromatic carbocycles. The molecule has 0 saturated carbocycles. The molecule has 1 nitrogen and oxygen atoms in total. The van der Waals surface area contributed by atoms with Crippen molar-refractivity contribution in [2.75, 3.05) is 0 Å². The topological polar surface area (TPSA) is 9.23 Å². The van der Waals surface area contributed by atoms with Crippen molar-refractivity contribution < 1.29 is 7.87 Å². The van der Waals surface area contributed by atoms with E-state index in [1.165, 1.54) is 24.3 Å². The molecule has 0 heterocycles. The first kappa shape index (κ1) is 16.6. The fraction of sp³-hybridized carbons (Fsp3) is 0. The summed E-state index contributed by atoms with van der Waals surface area (Å²) in [7, 11) is 10.7. The molecule has 0 aliphatic heterocycles. The molecule has 1 radical (unpaired) electrons. The van der Waals surface area contributed by atoms with Gasteiger partial charge in [-0.2, -0.15) is 0 Å². The number of benzene rings is 1. The van der Waals surface area contributed by atoms with Crippen LogP contribution >= 0.6 is 18.1 Å². The average molecular weight is 266 g/mol. The molecule has 0 N–H and O–H groups in total. The molecule has 0 aliphatic carbocycles. The summed E-state index contributed by atoms with van der Waals surface area (Å²) in [4.78, 5) is 0. The van der Waals surface area contributed by atoms with Gasteiger partial charge in [-0.05, 0) is 18.2 Å². The number of hydrogen-bond donors (Lipinski definition) is 0. The van der Waals surface area contributed by atoms with Gasteiger partial charge in [0.15, 0.2) is 0 Å². The second-order valence-electron chi connectivity index (χ2n) is 1.73. The molecule has 1 aromatic rings. The van der Waals surface area contributed by atoms with Crippen molar-refractivity contribution in [2.45, 2.75) is 0 Å². The minimum atomic E-state index is -0.639. The van der Waals surface area contributed by atoms with Crippen LogP contribution < -0.4 is 0 Å². The molecule has 0 bridgehead atoms. The highest BCUT2D eigenvalue weighted by atomic mass is 35.6. The Morgan fingerprint density at radius 2 is 1.77 bits per heavy atom. The van der Waals surface area contributed by atoms with E-state index in [0.29, 0.717) is 0 Å². The lowest BCUT2D eigenvalue weighted by molar-refractivity contribution is 0.628. The largest absolute Gasteiger partial charge is 0.618 e. The third-order valence-corrected chi connectivity index (χ3v) is 0.678. The van der Waals surface area contributed by atoms with E-state index in [4.69, 9.17) is 18.1 Å². The Morgan fingerprint density at radius 1 is 1.46 bits per heavy atom. The molecule has 0 aliphatic rings. The van der Waals surface area contributed by atoms with E-state index >= 15 is 0 Å². The highest BCUT2D eigenvalue weighted by molar-refractivity contribution is 7.22. The van der Waals surface area contributed by atoms with E-state index in [9.17, 15) is 4.39 Å². The van der Waals surface area contributed by atoms with Gasteiger partial charge < -0.3 is 21.6 Å². The van der Waals surface area contributed by atoms with Crippen LogP contribution in [0.1, 0.15) is 0 Å². The number of hydrogen-bond acceptors (Lipinski definition) is 1. The fourth-order valence-electron chi connectivity index (χ4n) is 0.367. The molecule has 0 saturated heterocycles. The van der Waals surface area contributed by atoms with Crippen molar-refractivity contribution in [3.05, 3.63) is 36.1 Å². The maximum atomic E-state index is 11.9. The third-order valence-electron chi connectivity index (χ3n) is 0.678. The van der Waals surface area contributed by atoms with Gasteiger partial charge >= 0.3 is 34.8 Å². The van der Waals surface area contributed by atoms with Crippen LogP contribution in [0.4, 0.5) is 4.39 Å². The van der Waals surface area contributed by atoms with Crippen LogP contribution in [-0.2, 0) is 3.48 Å². The van der Waals surface area contributed by atoms with Crippen LogP contribution in [0.2, 0.25) is 0 Å². The second kappa shape index (κ2) is 15.7. The molecule has 7 heteroatoms. The lowest BCUT2D eigenvalue weighted by Gasteiger charge is -1.77. The molecule has 0 atom stereocenters. The van der Waals surface area contributed by atoms with E-state index < -0.39 is 18.2 Å². The van der Waals surface area contributed by atoms with E-state index in [0.717, 1.165) is 27.1 Å². The predicted octanol–water partition coefficient (Wildman–Crippen LogP) is 0.456. The van der Waals surface area contributed by atoms with Gasteiger partial charge in [0.1, 0.15) is 16.3 Å². The summed E-state index contributed by atoms with van der Waals surface area (Å²) >= 11 is 0.292. The first-order chi connectivity index (χ1) is 6.22. The van der Waals surface area contributed by atoms with Crippen molar-refractivity contribution in [3.63, 3.8) is 0 Å². The van der Waals surface area contributed by atoms with Crippen molar-refractivity contribution >= 4 is 63.4 Å². The zero-order chi connectivity index (χ0) is 10.5. The molecule has 0 fully saturated rings. The summed E-state index contributed by atoms with van der Waals surface area (Å²) in [5.74, 6) is -0.209. The molecular weight excluding hydrogens is 257 g/mol. The zero-order valence-corrected chi connectivity index (χ0v) is 14.5. The maximum Gasteiger partial charge on any atom is 0.618 e. The van der Waals surface area contributed by atoms with E-state index in [-0.39, 0.29) is 5.82 Å². The van der Waals surface area contributed by atoms with Gasteiger partial charge in [0, 0.05) is 0 Å². The zero-order valence-electron chi connectivity index (χ0n) is 7.56. The van der Waals surface area contributed by atoms with E-state index in [1.807, 2.05) is 0 Å². The molecule has 1 rings (SSSR count). The van der Waals surface area contributed by atoms with Gasteiger partial charge in [-0.15, -0.1) is 0 Å². The van der Waals surface area contributed by atoms with Crippen LogP contribution in [0.25, 0.3) is 0 Å². The van der Waals surface area contributed by atoms with E-state index in [1.54, 1.807) is 0 Å². The van der Waals surface area contributed by atoms with Crippen LogP contribution in [0, 0.1) is 11.9 Å². The van der Waals surface area contributed by atoms with Gasteiger partial charge in [-0.1, -0.05) is 12.1 Å². The Balaban J connectivity index is 0. The molecule has 0 spiro atoms. The third kappa shape index (κ3) is 19.6. The van der Waals surface area contributed by atoms with Gasteiger partial charge in [-0.25, -0.2) is 4.39 Å². The molecule has 0 unspecified atom stereocenters. The minimum Gasteiger partial charge on any atom is -0.557 e. The van der Waals surface area contributed by atoms with Crippen molar-refractivity contribution in [3.8, 4) is 0 Å². The van der Waals surface area contributed by atoms with Crippen LogP contribution in [0.5, 0.6) is 0 Å². The predicted molar refractivity (Wildman–Crippen MR) is 62.3 cm³/mol. The van der Waals surface area contributed by atoms with Gasteiger partial charge in [0.25, 0.3) is 0 Å². The summed E-state index contributed by atoms with van der Waals surface area (Å²) in [6, 6.07) is 8.49. The second-order valence-corrected chi connectivity index (χ2v) is 7.62. The Bertz CT molecular complexity index is 182. The summed E-state index contributed by atoms with van der Waals surface area (Å²) < 4.78 is 16.4. The van der Waals surface area contributed by atoms with Crippen molar-refractivity contribution in [2.24, 2.45) is 0 Å². The van der Waals surface area contributed by atoms with Gasteiger partial charge in [0.05, 0.1) is 0 Å². The Labute approximate surface area is 107 Å². The van der Waals surface area contributed by atoms with Crippen LogP contribution in [-0.4, -0.2) is 45.3 Å². The van der Waals surface area contributed by atoms with Crippen LogP contribution in [0.3, 0.4) is 0 Å². The quantitative estimate of drug-likeness (QED) is 0.620. The van der Waals surface area contributed by atoms with Gasteiger partial charge in [0.2, 0.25) is 0 Å². The van der Waals surface area contributed by atoms with Crippen molar-refractivity contribution in [1.29, 1.82) is 0 Å².